The Balaban J connectivity index is 2.43. The van der Waals surface area contributed by atoms with E-state index in [1.165, 1.54) is 0 Å². The Morgan fingerprint density at radius 3 is 3.00 bits per heavy atom. The third-order valence-corrected chi connectivity index (χ3v) is 2.85. The first kappa shape index (κ1) is 8.75. The van der Waals surface area contributed by atoms with Crippen molar-refractivity contribution < 1.29 is 9.53 Å². The number of benzene rings is 1. The highest BCUT2D eigenvalue weighted by Gasteiger charge is 2.30. The van der Waals surface area contributed by atoms with Gasteiger partial charge in [0.2, 0.25) is 0 Å². The largest absolute Gasteiger partial charge is 0.482 e. The van der Waals surface area contributed by atoms with Crippen molar-refractivity contribution in [1.82, 2.24) is 0 Å². The molecule has 0 aliphatic carbocycles. The topological polar surface area (TPSA) is 26.3 Å². The smallest absolute Gasteiger partial charge is 0.161 e. The zero-order valence-corrected chi connectivity index (χ0v) is 8.74. The van der Waals surface area contributed by atoms with Crippen LogP contribution >= 0.6 is 15.9 Å². The van der Waals surface area contributed by atoms with Crippen LogP contribution in [0, 0.1) is 0 Å². The maximum Gasteiger partial charge on any atom is 0.161 e. The van der Waals surface area contributed by atoms with Crippen molar-refractivity contribution in [3.05, 3.63) is 28.2 Å². The highest BCUT2D eigenvalue weighted by atomic mass is 79.9. The number of halogens is 1. The molecule has 0 amide bonds. The average molecular weight is 241 g/mol. The molecule has 2 atom stereocenters. The van der Waals surface area contributed by atoms with Crippen molar-refractivity contribution in [2.45, 2.75) is 18.9 Å². The number of fused-ring (bicyclic) bond motifs is 1. The molecule has 0 radical (unpaired) electrons. The van der Waals surface area contributed by atoms with Crippen molar-refractivity contribution in [3.8, 4) is 5.75 Å². The van der Waals surface area contributed by atoms with Gasteiger partial charge in [-0.1, -0.05) is 28.9 Å². The van der Waals surface area contributed by atoms with Gasteiger partial charge in [0.1, 0.15) is 5.75 Å². The molecule has 13 heavy (non-hydrogen) atoms. The summed E-state index contributed by atoms with van der Waals surface area (Å²) in [6.07, 6.45) is 0.544. The summed E-state index contributed by atoms with van der Waals surface area (Å²) in [7, 11) is 0. The molecule has 1 aromatic rings. The second kappa shape index (κ2) is 3.14. The average Bonchev–Trinajstić information content (AvgIpc) is 2.42. The SMILES string of the molecule is CC1c2ccc(Br)cc2OC1C=O. The first-order chi connectivity index (χ1) is 6.22. The summed E-state index contributed by atoms with van der Waals surface area (Å²) in [5, 5.41) is 0. The van der Waals surface area contributed by atoms with Gasteiger partial charge >= 0.3 is 0 Å². The van der Waals surface area contributed by atoms with Gasteiger partial charge < -0.3 is 4.74 Å². The molecule has 0 saturated heterocycles. The van der Waals surface area contributed by atoms with E-state index in [1.54, 1.807) is 0 Å². The van der Waals surface area contributed by atoms with Crippen LogP contribution in [0.1, 0.15) is 18.4 Å². The van der Waals surface area contributed by atoms with Gasteiger partial charge in [0, 0.05) is 16.0 Å². The van der Waals surface area contributed by atoms with Gasteiger partial charge in [-0.15, -0.1) is 0 Å². The number of carbonyl (C=O) groups is 1. The van der Waals surface area contributed by atoms with Gasteiger partial charge in [-0.05, 0) is 12.1 Å². The Morgan fingerprint density at radius 1 is 1.54 bits per heavy atom. The Bertz CT molecular complexity index is 349. The summed E-state index contributed by atoms with van der Waals surface area (Å²) < 4.78 is 6.43. The first-order valence-corrected chi connectivity index (χ1v) is 4.93. The molecule has 1 aliphatic heterocycles. The van der Waals surface area contributed by atoms with Gasteiger partial charge in [-0.3, -0.25) is 4.79 Å². The minimum atomic E-state index is -0.315. The third kappa shape index (κ3) is 1.37. The zero-order valence-electron chi connectivity index (χ0n) is 7.16. The standard InChI is InChI=1S/C10H9BrO2/c1-6-8-3-2-7(11)4-9(8)13-10(6)5-12/h2-6,10H,1H3. The Labute approximate surface area is 85.0 Å². The van der Waals surface area contributed by atoms with E-state index < -0.39 is 0 Å². The second-order valence-corrected chi connectivity index (χ2v) is 4.11. The van der Waals surface area contributed by atoms with Crippen LogP contribution in [-0.4, -0.2) is 12.4 Å². The van der Waals surface area contributed by atoms with E-state index in [2.05, 4.69) is 15.9 Å². The van der Waals surface area contributed by atoms with Crippen molar-refractivity contribution in [1.29, 1.82) is 0 Å². The predicted molar refractivity (Wildman–Crippen MR) is 53.0 cm³/mol. The molecule has 0 fully saturated rings. The van der Waals surface area contributed by atoms with Crippen LogP contribution in [0.25, 0.3) is 0 Å². The van der Waals surface area contributed by atoms with E-state index >= 15 is 0 Å². The Morgan fingerprint density at radius 2 is 2.31 bits per heavy atom. The number of rotatable bonds is 1. The van der Waals surface area contributed by atoms with Gasteiger partial charge in [-0.2, -0.15) is 0 Å². The summed E-state index contributed by atoms with van der Waals surface area (Å²) in [6, 6.07) is 5.86. The van der Waals surface area contributed by atoms with E-state index in [0.29, 0.717) is 0 Å². The normalized spacial score (nSPS) is 25.1. The van der Waals surface area contributed by atoms with Crippen molar-refractivity contribution >= 4 is 22.2 Å². The van der Waals surface area contributed by atoms with Crippen LogP contribution in [0.3, 0.4) is 0 Å². The lowest BCUT2D eigenvalue weighted by atomic mass is 9.99. The maximum atomic E-state index is 10.6. The fourth-order valence-corrected chi connectivity index (χ4v) is 1.90. The van der Waals surface area contributed by atoms with Crippen LogP contribution in [0.2, 0.25) is 0 Å². The van der Waals surface area contributed by atoms with Crippen LogP contribution in [-0.2, 0) is 4.79 Å². The van der Waals surface area contributed by atoms with Crippen LogP contribution < -0.4 is 4.74 Å². The molecule has 3 heteroatoms. The molecule has 1 aromatic carbocycles. The summed E-state index contributed by atoms with van der Waals surface area (Å²) in [6.45, 7) is 2.00. The summed E-state index contributed by atoms with van der Waals surface area (Å²) >= 11 is 3.36. The van der Waals surface area contributed by atoms with E-state index in [0.717, 1.165) is 22.1 Å². The predicted octanol–water partition coefficient (Wildman–Crippen LogP) is 2.51. The van der Waals surface area contributed by atoms with Crippen LogP contribution in [0.4, 0.5) is 0 Å². The van der Waals surface area contributed by atoms with Crippen molar-refractivity contribution in [2.24, 2.45) is 0 Å². The van der Waals surface area contributed by atoms with Gasteiger partial charge in [0.15, 0.2) is 12.4 Å². The summed E-state index contributed by atoms with van der Waals surface area (Å²) in [4.78, 5) is 10.6. The Kier molecular flexibility index (Phi) is 2.12. The monoisotopic (exact) mass is 240 g/mol. The lowest BCUT2D eigenvalue weighted by Gasteiger charge is -2.05. The molecule has 1 aliphatic rings. The Hall–Kier alpha value is -0.830. The van der Waals surface area contributed by atoms with E-state index in [4.69, 9.17) is 4.74 Å². The van der Waals surface area contributed by atoms with E-state index in [-0.39, 0.29) is 12.0 Å². The zero-order chi connectivity index (χ0) is 9.42. The molecule has 2 rings (SSSR count). The van der Waals surface area contributed by atoms with Gasteiger partial charge in [0.05, 0.1) is 0 Å². The van der Waals surface area contributed by atoms with Gasteiger partial charge in [-0.25, -0.2) is 0 Å². The molecular formula is C10H9BrO2. The molecule has 0 N–H and O–H groups in total. The van der Waals surface area contributed by atoms with E-state index in [1.807, 2.05) is 25.1 Å². The quantitative estimate of drug-likeness (QED) is 0.706. The van der Waals surface area contributed by atoms with Gasteiger partial charge in [0.25, 0.3) is 0 Å². The molecule has 0 spiro atoms. The fourth-order valence-electron chi connectivity index (χ4n) is 1.56. The van der Waals surface area contributed by atoms with Crippen LogP contribution in [0.15, 0.2) is 22.7 Å². The molecule has 0 bridgehead atoms. The summed E-state index contributed by atoms with van der Waals surface area (Å²) in [5.74, 6) is 0.986. The van der Waals surface area contributed by atoms with Crippen LogP contribution in [0.5, 0.6) is 5.75 Å². The number of ether oxygens (including phenoxy) is 1. The molecule has 0 aromatic heterocycles. The first-order valence-electron chi connectivity index (χ1n) is 4.14. The fraction of sp³-hybridized carbons (Fsp3) is 0.300. The van der Waals surface area contributed by atoms with Crippen molar-refractivity contribution in [2.75, 3.05) is 0 Å². The molecule has 68 valence electrons. The third-order valence-electron chi connectivity index (χ3n) is 2.36. The highest BCUT2D eigenvalue weighted by Crippen LogP contribution is 2.38. The summed E-state index contributed by atoms with van der Waals surface area (Å²) in [5.41, 5.74) is 1.11. The molecule has 2 nitrogen and oxygen atoms in total. The molecular weight excluding hydrogens is 232 g/mol. The minimum absolute atomic E-state index is 0.167. The molecule has 1 heterocycles. The lowest BCUT2D eigenvalue weighted by molar-refractivity contribution is -0.113. The van der Waals surface area contributed by atoms with Crippen molar-refractivity contribution in [3.63, 3.8) is 0 Å². The molecule has 0 saturated carbocycles. The van der Waals surface area contributed by atoms with E-state index in [9.17, 15) is 4.79 Å². The second-order valence-electron chi connectivity index (χ2n) is 3.19. The maximum absolute atomic E-state index is 10.6. The number of hydrogen-bond acceptors (Lipinski definition) is 2. The number of carbonyl (C=O) groups excluding carboxylic acids is 1. The highest BCUT2D eigenvalue weighted by molar-refractivity contribution is 9.10. The number of aldehydes is 1. The molecule has 2 unspecified atom stereocenters. The number of hydrogen-bond donors (Lipinski definition) is 0. The lowest BCUT2D eigenvalue weighted by Crippen LogP contribution is -2.17. The minimum Gasteiger partial charge on any atom is -0.482 e.